The van der Waals surface area contributed by atoms with Crippen LogP contribution in [0.15, 0.2) is 54.6 Å². The van der Waals surface area contributed by atoms with Gasteiger partial charge in [0.2, 0.25) is 0 Å². The molecule has 8 heteroatoms. The van der Waals surface area contributed by atoms with E-state index in [0.29, 0.717) is 0 Å². The van der Waals surface area contributed by atoms with Crippen LogP contribution >= 0.6 is 0 Å². The molecule has 32 heavy (non-hydrogen) atoms. The van der Waals surface area contributed by atoms with Crippen LogP contribution in [0.1, 0.15) is 38.9 Å². The fraction of sp³-hybridized carbons (Fsp3) is 0.250. The Morgan fingerprint density at radius 3 is 1.97 bits per heavy atom. The first-order chi connectivity index (χ1) is 15.4. The Morgan fingerprint density at radius 2 is 1.38 bits per heavy atom. The van der Waals surface area contributed by atoms with E-state index >= 15 is 0 Å². The van der Waals surface area contributed by atoms with Crippen LogP contribution in [0, 0.1) is 6.92 Å². The second-order valence-corrected chi connectivity index (χ2v) is 7.55. The van der Waals surface area contributed by atoms with Gasteiger partial charge in [0.25, 0.3) is 11.8 Å². The van der Waals surface area contributed by atoms with Gasteiger partial charge in [0.15, 0.2) is 0 Å². The fourth-order valence-corrected chi connectivity index (χ4v) is 4.32. The summed E-state index contributed by atoms with van der Waals surface area (Å²) in [4.78, 5) is 52.6. The van der Waals surface area contributed by atoms with Gasteiger partial charge in [0.05, 0.1) is 25.3 Å². The number of aromatic nitrogens is 1. The summed E-state index contributed by atoms with van der Waals surface area (Å²) in [5.41, 5.74) is 1.96. The SMILES string of the molecule is COC(=O)[C@H](C[C@@H](C(=O)OC)n1c(C)cc2ccccc21)N1C(=O)c2ccccc2C1=O. The predicted octanol–water partition coefficient (Wildman–Crippen LogP) is 2.89. The molecule has 0 N–H and O–H groups in total. The Labute approximate surface area is 184 Å². The van der Waals surface area contributed by atoms with Crippen LogP contribution in [0.3, 0.4) is 0 Å². The van der Waals surface area contributed by atoms with Gasteiger partial charge in [-0.2, -0.15) is 0 Å². The van der Waals surface area contributed by atoms with Crippen molar-refractivity contribution < 1.29 is 28.7 Å². The first kappa shape index (κ1) is 21.3. The van der Waals surface area contributed by atoms with E-state index in [4.69, 9.17) is 9.47 Å². The Morgan fingerprint density at radius 1 is 0.844 bits per heavy atom. The van der Waals surface area contributed by atoms with Gasteiger partial charge in [-0.25, -0.2) is 9.59 Å². The van der Waals surface area contributed by atoms with Gasteiger partial charge in [0.1, 0.15) is 12.1 Å². The number of methoxy groups -OCH3 is 2. The van der Waals surface area contributed by atoms with Gasteiger partial charge in [0, 0.05) is 17.6 Å². The van der Waals surface area contributed by atoms with E-state index in [9.17, 15) is 19.2 Å². The van der Waals surface area contributed by atoms with Crippen molar-refractivity contribution in [3.05, 3.63) is 71.4 Å². The number of imide groups is 1. The van der Waals surface area contributed by atoms with Crippen molar-refractivity contribution in [2.24, 2.45) is 0 Å². The Bertz CT molecular complexity index is 1210. The molecule has 0 fully saturated rings. The van der Waals surface area contributed by atoms with Crippen molar-refractivity contribution in [1.82, 2.24) is 9.47 Å². The number of carbonyl (C=O) groups excluding carboxylic acids is 4. The molecule has 1 aromatic heterocycles. The summed E-state index contributed by atoms with van der Waals surface area (Å²) >= 11 is 0. The number of esters is 2. The molecule has 0 bridgehead atoms. The number of rotatable bonds is 6. The first-order valence-electron chi connectivity index (χ1n) is 10.1. The topological polar surface area (TPSA) is 94.9 Å². The van der Waals surface area contributed by atoms with Gasteiger partial charge in [-0.15, -0.1) is 0 Å². The van der Waals surface area contributed by atoms with E-state index in [1.54, 1.807) is 16.7 Å². The van der Waals surface area contributed by atoms with E-state index in [2.05, 4.69) is 0 Å². The molecule has 1 aliphatic heterocycles. The Hall–Kier alpha value is -3.94. The largest absolute Gasteiger partial charge is 0.467 e. The van der Waals surface area contributed by atoms with Crippen LogP contribution in [-0.4, -0.2) is 53.5 Å². The molecular weight excluding hydrogens is 412 g/mol. The summed E-state index contributed by atoms with van der Waals surface area (Å²) in [6.07, 6.45) is -0.190. The molecule has 0 saturated carbocycles. The smallest absolute Gasteiger partial charge is 0.329 e. The molecule has 2 aromatic carbocycles. The highest BCUT2D eigenvalue weighted by atomic mass is 16.5. The van der Waals surface area contributed by atoms with Crippen LogP contribution in [0.25, 0.3) is 10.9 Å². The third-order valence-electron chi connectivity index (χ3n) is 5.78. The van der Waals surface area contributed by atoms with Crippen molar-refractivity contribution in [1.29, 1.82) is 0 Å². The lowest BCUT2D eigenvalue weighted by atomic mass is 10.0. The minimum Gasteiger partial charge on any atom is -0.467 e. The lowest BCUT2D eigenvalue weighted by Crippen LogP contribution is -2.47. The summed E-state index contributed by atoms with van der Waals surface area (Å²) in [5, 5.41) is 0.911. The third-order valence-corrected chi connectivity index (χ3v) is 5.78. The maximum atomic E-state index is 13.0. The van der Waals surface area contributed by atoms with Gasteiger partial charge >= 0.3 is 11.9 Å². The number of hydrogen-bond donors (Lipinski definition) is 0. The minimum absolute atomic E-state index is 0.190. The summed E-state index contributed by atoms with van der Waals surface area (Å²) < 4.78 is 11.7. The molecule has 164 valence electrons. The number of aryl methyl sites for hydroxylation is 1. The predicted molar refractivity (Wildman–Crippen MR) is 115 cm³/mol. The van der Waals surface area contributed by atoms with Crippen molar-refractivity contribution in [2.75, 3.05) is 14.2 Å². The lowest BCUT2D eigenvalue weighted by Gasteiger charge is -2.28. The van der Waals surface area contributed by atoms with E-state index in [-0.39, 0.29) is 17.5 Å². The molecule has 1 aliphatic rings. The summed E-state index contributed by atoms with van der Waals surface area (Å²) in [6, 6.07) is 13.5. The molecule has 8 nitrogen and oxygen atoms in total. The van der Waals surface area contributed by atoms with Crippen LogP contribution in [0.5, 0.6) is 0 Å². The number of carbonyl (C=O) groups is 4. The molecule has 0 spiro atoms. The van der Waals surface area contributed by atoms with E-state index in [0.717, 1.165) is 21.5 Å². The van der Waals surface area contributed by atoms with Crippen molar-refractivity contribution in [2.45, 2.75) is 25.4 Å². The highest BCUT2D eigenvalue weighted by molar-refractivity contribution is 6.22. The number of amides is 2. The second kappa shape index (κ2) is 8.30. The first-order valence-corrected chi connectivity index (χ1v) is 10.1. The highest BCUT2D eigenvalue weighted by Gasteiger charge is 2.45. The standard InChI is InChI=1S/C24H22N2O6/c1-14-12-15-8-4-7-11-18(15)25(14)19(23(29)31-2)13-20(24(30)32-3)26-21(27)16-9-5-6-10-17(16)22(26)28/h4-12,19-20H,13H2,1-3H3/t19-,20-/m0/s1. The summed E-state index contributed by atoms with van der Waals surface area (Å²) in [5.74, 6) is -2.58. The van der Waals surface area contributed by atoms with Crippen molar-refractivity contribution in [3.8, 4) is 0 Å². The normalized spacial score (nSPS) is 14.9. The van der Waals surface area contributed by atoms with Gasteiger partial charge < -0.3 is 14.0 Å². The van der Waals surface area contributed by atoms with Gasteiger partial charge in [-0.05, 0) is 36.6 Å². The molecule has 3 aromatic rings. The number of fused-ring (bicyclic) bond motifs is 2. The number of nitrogens with zero attached hydrogens (tertiary/aromatic N) is 2. The van der Waals surface area contributed by atoms with E-state index in [1.807, 2.05) is 37.3 Å². The number of ether oxygens (including phenoxy) is 2. The molecule has 2 heterocycles. The van der Waals surface area contributed by atoms with Gasteiger partial charge in [-0.1, -0.05) is 30.3 Å². The molecule has 0 aliphatic carbocycles. The minimum atomic E-state index is -1.31. The zero-order valence-corrected chi connectivity index (χ0v) is 17.9. The molecular formula is C24H22N2O6. The Kier molecular flexibility index (Phi) is 5.52. The lowest BCUT2D eigenvalue weighted by molar-refractivity contribution is -0.149. The van der Waals surface area contributed by atoms with Crippen LogP contribution < -0.4 is 0 Å². The molecule has 0 radical (unpaired) electrons. The average Bonchev–Trinajstić information content (AvgIpc) is 3.27. The monoisotopic (exact) mass is 434 g/mol. The summed E-state index contributed by atoms with van der Waals surface area (Å²) in [7, 11) is 2.43. The maximum Gasteiger partial charge on any atom is 0.329 e. The molecule has 0 unspecified atom stereocenters. The van der Waals surface area contributed by atoms with E-state index in [1.165, 1.54) is 26.4 Å². The Balaban J connectivity index is 1.79. The third kappa shape index (κ3) is 3.33. The maximum absolute atomic E-state index is 13.0. The highest BCUT2D eigenvalue weighted by Crippen LogP contribution is 2.32. The van der Waals surface area contributed by atoms with Crippen LogP contribution in [0.2, 0.25) is 0 Å². The summed E-state index contributed by atoms with van der Waals surface area (Å²) in [6.45, 7) is 1.84. The van der Waals surface area contributed by atoms with Gasteiger partial charge in [-0.3, -0.25) is 14.5 Å². The average molecular weight is 434 g/mol. The zero-order chi connectivity index (χ0) is 23.0. The molecule has 2 atom stereocenters. The zero-order valence-electron chi connectivity index (χ0n) is 17.9. The van der Waals surface area contributed by atoms with Crippen molar-refractivity contribution in [3.63, 3.8) is 0 Å². The fourth-order valence-electron chi connectivity index (χ4n) is 4.32. The van der Waals surface area contributed by atoms with Crippen LogP contribution in [0.4, 0.5) is 0 Å². The molecule has 4 rings (SSSR count). The quantitative estimate of drug-likeness (QED) is 0.437. The number of hydrogen-bond acceptors (Lipinski definition) is 6. The van der Waals surface area contributed by atoms with E-state index < -0.39 is 35.8 Å². The van der Waals surface area contributed by atoms with Crippen LogP contribution in [-0.2, 0) is 19.1 Å². The number of benzene rings is 2. The second-order valence-electron chi connectivity index (χ2n) is 7.55. The number of para-hydroxylation sites is 1. The van der Waals surface area contributed by atoms with Crippen molar-refractivity contribution >= 4 is 34.7 Å². The molecule has 0 saturated heterocycles. The molecule has 2 amide bonds.